The van der Waals surface area contributed by atoms with Crippen molar-refractivity contribution >= 4 is 29.1 Å². The standard InChI is InChI=1S/C18H17ClF3N7O/c1-11-26-15(10-16(27-11)29-8-2-5-25-29)23-6-7-24-17(30)28-12-3-4-14(19)13(9-12)18(20,21)22/h2-5,8-10H,6-7H2,1H3,(H,23,26,27)(H2,24,28,30). The number of anilines is 2. The molecule has 30 heavy (non-hydrogen) atoms. The van der Waals surface area contributed by atoms with E-state index in [2.05, 4.69) is 31.0 Å². The Balaban J connectivity index is 1.51. The van der Waals surface area contributed by atoms with Crippen LogP contribution < -0.4 is 16.0 Å². The van der Waals surface area contributed by atoms with E-state index in [1.54, 1.807) is 36.1 Å². The smallest absolute Gasteiger partial charge is 0.368 e. The van der Waals surface area contributed by atoms with Crippen LogP contribution in [0.3, 0.4) is 0 Å². The van der Waals surface area contributed by atoms with Crippen molar-refractivity contribution in [1.29, 1.82) is 0 Å². The van der Waals surface area contributed by atoms with Gasteiger partial charge in [-0.1, -0.05) is 11.6 Å². The molecule has 3 aromatic rings. The Kier molecular flexibility index (Phi) is 6.40. The molecule has 0 aliphatic rings. The average molecular weight is 440 g/mol. The van der Waals surface area contributed by atoms with Crippen molar-refractivity contribution < 1.29 is 18.0 Å². The summed E-state index contributed by atoms with van der Waals surface area (Å²) in [7, 11) is 0. The Labute approximate surface area is 174 Å². The van der Waals surface area contributed by atoms with Crippen LogP contribution >= 0.6 is 11.6 Å². The van der Waals surface area contributed by atoms with E-state index >= 15 is 0 Å². The van der Waals surface area contributed by atoms with Gasteiger partial charge in [-0.3, -0.25) is 0 Å². The topological polar surface area (TPSA) is 96.8 Å². The first-order chi connectivity index (χ1) is 14.2. The number of halogens is 4. The number of rotatable bonds is 6. The van der Waals surface area contributed by atoms with Crippen LogP contribution in [-0.4, -0.2) is 38.9 Å². The number of hydrogen-bond donors (Lipinski definition) is 3. The lowest BCUT2D eigenvalue weighted by Crippen LogP contribution is -2.32. The molecular weight excluding hydrogens is 423 g/mol. The molecule has 1 aromatic carbocycles. The summed E-state index contributed by atoms with van der Waals surface area (Å²) in [6, 6.07) is 5.97. The van der Waals surface area contributed by atoms with Crippen molar-refractivity contribution in [2.45, 2.75) is 13.1 Å². The summed E-state index contributed by atoms with van der Waals surface area (Å²) in [5.41, 5.74) is -1.04. The third-order valence-corrected chi connectivity index (χ3v) is 4.14. The predicted octanol–water partition coefficient (Wildman–Crippen LogP) is 3.88. The zero-order valence-electron chi connectivity index (χ0n) is 15.7. The minimum atomic E-state index is -4.61. The van der Waals surface area contributed by atoms with Crippen molar-refractivity contribution in [3.05, 3.63) is 59.1 Å². The normalized spacial score (nSPS) is 11.2. The summed E-state index contributed by atoms with van der Waals surface area (Å²) in [4.78, 5) is 20.5. The fraction of sp³-hybridized carbons (Fsp3) is 0.222. The van der Waals surface area contributed by atoms with Crippen LogP contribution in [0, 0.1) is 6.92 Å². The highest BCUT2D eigenvalue weighted by molar-refractivity contribution is 6.31. The van der Waals surface area contributed by atoms with Crippen molar-refractivity contribution in [3.63, 3.8) is 0 Å². The number of nitrogens with zero attached hydrogens (tertiary/aromatic N) is 4. The summed E-state index contributed by atoms with van der Waals surface area (Å²) in [5.74, 6) is 1.67. The van der Waals surface area contributed by atoms with Gasteiger partial charge in [0.15, 0.2) is 5.82 Å². The van der Waals surface area contributed by atoms with Crippen LogP contribution in [0.5, 0.6) is 0 Å². The number of carbonyl (C=O) groups excluding carboxylic acids is 1. The molecule has 158 valence electrons. The van der Waals surface area contributed by atoms with E-state index in [0.29, 0.717) is 24.0 Å². The summed E-state index contributed by atoms with van der Waals surface area (Å²) < 4.78 is 40.2. The number of urea groups is 1. The fourth-order valence-corrected chi connectivity index (χ4v) is 2.75. The highest BCUT2D eigenvalue weighted by atomic mass is 35.5. The minimum Gasteiger partial charge on any atom is -0.368 e. The number of benzene rings is 1. The summed E-state index contributed by atoms with van der Waals surface area (Å²) in [6.45, 7) is 2.27. The SMILES string of the molecule is Cc1nc(NCCNC(=O)Nc2ccc(Cl)c(C(F)(F)F)c2)cc(-n2cccn2)n1. The van der Waals surface area contributed by atoms with Crippen molar-refractivity contribution in [3.8, 4) is 5.82 Å². The second-order valence-corrected chi connectivity index (χ2v) is 6.52. The molecule has 0 bridgehead atoms. The summed E-state index contributed by atoms with van der Waals surface area (Å²) in [5, 5.41) is 11.6. The van der Waals surface area contributed by atoms with Gasteiger partial charge >= 0.3 is 12.2 Å². The van der Waals surface area contributed by atoms with Crippen LogP contribution in [0.1, 0.15) is 11.4 Å². The Morgan fingerprint density at radius 2 is 2.00 bits per heavy atom. The van der Waals surface area contributed by atoms with E-state index in [-0.39, 0.29) is 12.2 Å². The lowest BCUT2D eigenvalue weighted by molar-refractivity contribution is -0.137. The van der Waals surface area contributed by atoms with Crippen molar-refractivity contribution in [2.24, 2.45) is 0 Å². The van der Waals surface area contributed by atoms with Gasteiger partial charge in [-0.15, -0.1) is 0 Å². The Morgan fingerprint density at radius 1 is 1.20 bits per heavy atom. The Bertz CT molecular complexity index is 1030. The molecule has 2 aromatic heterocycles. The first-order valence-electron chi connectivity index (χ1n) is 8.73. The number of alkyl halides is 3. The Hall–Kier alpha value is -3.34. The maximum absolute atomic E-state index is 12.9. The van der Waals surface area contributed by atoms with Gasteiger partial charge in [0, 0.05) is 37.2 Å². The molecule has 0 radical (unpaired) electrons. The molecule has 2 heterocycles. The molecule has 12 heteroatoms. The second-order valence-electron chi connectivity index (χ2n) is 6.11. The first-order valence-corrected chi connectivity index (χ1v) is 9.11. The molecular formula is C18H17ClF3N7O. The molecule has 0 saturated heterocycles. The van der Waals surface area contributed by atoms with Crippen LogP contribution in [-0.2, 0) is 6.18 Å². The minimum absolute atomic E-state index is 0.0209. The van der Waals surface area contributed by atoms with Gasteiger partial charge in [0.25, 0.3) is 0 Å². The largest absolute Gasteiger partial charge is 0.417 e. The molecule has 8 nitrogen and oxygen atoms in total. The van der Waals surface area contributed by atoms with E-state index in [9.17, 15) is 18.0 Å². The van der Waals surface area contributed by atoms with Gasteiger partial charge in [-0.25, -0.2) is 19.4 Å². The van der Waals surface area contributed by atoms with Crippen LogP contribution in [0.15, 0.2) is 42.7 Å². The molecule has 0 aliphatic heterocycles. The first kappa shape index (κ1) is 21.4. The number of aryl methyl sites for hydroxylation is 1. The number of nitrogens with one attached hydrogen (secondary N) is 3. The van der Waals surface area contributed by atoms with Gasteiger partial charge in [0.2, 0.25) is 0 Å². The van der Waals surface area contributed by atoms with E-state index in [4.69, 9.17) is 11.6 Å². The molecule has 0 fully saturated rings. The molecule has 0 unspecified atom stereocenters. The monoisotopic (exact) mass is 439 g/mol. The van der Waals surface area contributed by atoms with Gasteiger partial charge < -0.3 is 16.0 Å². The molecule has 0 aliphatic carbocycles. The van der Waals surface area contributed by atoms with Crippen molar-refractivity contribution in [2.75, 3.05) is 23.7 Å². The number of hydrogen-bond acceptors (Lipinski definition) is 5. The van der Waals surface area contributed by atoms with Crippen LogP contribution in [0.4, 0.5) is 29.5 Å². The van der Waals surface area contributed by atoms with Gasteiger partial charge in [-0.2, -0.15) is 18.3 Å². The number of carbonyl (C=O) groups is 1. The maximum Gasteiger partial charge on any atom is 0.417 e. The van der Waals surface area contributed by atoms with Gasteiger partial charge in [-0.05, 0) is 31.2 Å². The van der Waals surface area contributed by atoms with Crippen molar-refractivity contribution in [1.82, 2.24) is 25.1 Å². The highest BCUT2D eigenvalue weighted by Crippen LogP contribution is 2.36. The quantitative estimate of drug-likeness (QED) is 0.506. The second kappa shape index (κ2) is 8.99. The summed E-state index contributed by atoms with van der Waals surface area (Å²) >= 11 is 5.56. The third kappa shape index (κ3) is 5.60. The number of amides is 2. The average Bonchev–Trinajstić information content (AvgIpc) is 3.20. The molecule has 3 rings (SSSR count). The lowest BCUT2D eigenvalue weighted by atomic mass is 10.2. The maximum atomic E-state index is 12.9. The van der Waals surface area contributed by atoms with Crippen LogP contribution in [0.25, 0.3) is 5.82 Å². The van der Waals surface area contributed by atoms with E-state index in [1.807, 2.05) is 0 Å². The van der Waals surface area contributed by atoms with E-state index in [0.717, 1.165) is 12.1 Å². The van der Waals surface area contributed by atoms with Crippen LogP contribution in [0.2, 0.25) is 5.02 Å². The zero-order valence-corrected chi connectivity index (χ0v) is 16.4. The molecule has 2 amide bonds. The molecule has 0 saturated carbocycles. The highest BCUT2D eigenvalue weighted by Gasteiger charge is 2.33. The molecule has 0 atom stereocenters. The molecule has 3 N–H and O–H groups in total. The van der Waals surface area contributed by atoms with E-state index < -0.39 is 22.8 Å². The molecule has 0 spiro atoms. The predicted molar refractivity (Wildman–Crippen MR) is 106 cm³/mol. The summed E-state index contributed by atoms with van der Waals surface area (Å²) in [6.07, 6.45) is -1.23. The zero-order chi connectivity index (χ0) is 21.7. The van der Waals surface area contributed by atoms with Gasteiger partial charge in [0.1, 0.15) is 11.6 Å². The van der Waals surface area contributed by atoms with E-state index in [1.165, 1.54) is 6.07 Å². The lowest BCUT2D eigenvalue weighted by Gasteiger charge is -2.13. The Morgan fingerprint density at radius 3 is 2.70 bits per heavy atom. The number of aromatic nitrogens is 4. The fourth-order valence-electron chi connectivity index (χ4n) is 2.53. The van der Waals surface area contributed by atoms with Gasteiger partial charge in [0.05, 0.1) is 10.6 Å². The third-order valence-electron chi connectivity index (χ3n) is 3.81.